The number of carboxylic acids is 1. The molecule has 15 heavy (non-hydrogen) atoms. The van der Waals surface area contributed by atoms with Gasteiger partial charge in [0.05, 0.1) is 0 Å². The summed E-state index contributed by atoms with van der Waals surface area (Å²) < 4.78 is 1.52. The van der Waals surface area contributed by atoms with Gasteiger partial charge in [-0.3, -0.25) is 0 Å². The summed E-state index contributed by atoms with van der Waals surface area (Å²) in [5.41, 5.74) is 0. The maximum atomic E-state index is 8.89. The molecule has 0 atom stereocenters. The maximum Gasteiger partial charge on any atom is -0.369 e. The molecule has 83 valence electrons. The van der Waals surface area contributed by atoms with E-state index in [4.69, 9.17) is 15.0 Å². The van der Waals surface area contributed by atoms with Crippen LogP contribution in [-0.4, -0.2) is 17.7 Å². The quantitative estimate of drug-likeness (QED) is 0.599. The number of hydrogen-bond acceptors (Lipinski definition) is 3. The van der Waals surface area contributed by atoms with Crippen LogP contribution in [0.3, 0.4) is 0 Å². The van der Waals surface area contributed by atoms with Crippen LogP contribution in [0.1, 0.15) is 13.8 Å². The topological polar surface area (TPSA) is 96.9 Å². The van der Waals surface area contributed by atoms with Crippen molar-refractivity contribution in [1.82, 2.24) is 6.15 Å². The number of rotatable bonds is 0. The van der Waals surface area contributed by atoms with Crippen molar-refractivity contribution in [2.24, 2.45) is 0 Å². The molecule has 0 saturated carbocycles. The van der Waals surface area contributed by atoms with Gasteiger partial charge in [0.25, 0.3) is 0 Å². The van der Waals surface area contributed by atoms with Crippen LogP contribution in [0.5, 0.6) is 0 Å². The summed E-state index contributed by atoms with van der Waals surface area (Å²) >= 11 is 0.810. The zero-order valence-electron chi connectivity index (χ0n) is 9.56. The minimum absolute atomic E-state index is 0. The Morgan fingerprint density at radius 1 is 1.40 bits per heavy atom. The number of aliphatic hydroxyl groups is 1. The number of carboxylic acid groups (broad SMARTS) is 1. The number of quaternary nitrogens is 1. The van der Waals surface area contributed by atoms with Gasteiger partial charge in [-0.25, -0.2) is 0 Å². The Labute approximate surface area is 107 Å². The minimum Gasteiger partial charge on any atom is -0.369 e. The Bertz CT molecular complexity index is 225. The molecule has 0 bridgehead atoms. The van der Waals surface area contributed by atoms with Gasteiger partial charge in [0.2, 0.25) is 0 Å². The van der Waals surface area contributed by atoms with Gasteiger partial charge in [-0.15, -0.1) is 0 Å². The van der Waals surface area contributed by atoms with E-state index in [0.29, 0.717) is 0 Å². The van der Waals surface area contributed by atoms with E-state index in [1.807, 2.05) is 0 Å². The standard InChI is InChI=1S/C6H5.C2H4O2.C2H6O.Hg.H3N/c1-2-4-6-5-3-1;1-2(3)4;1-2-3;;/h1-5H;1H3,(H,3,4);3H,2H2,1H3;;1H3. The van der Waals surface area contributed by atoms with Gasteiger partial charge in [0, 0.05) is 12.6 Å². The first-order valence-electron chi connectivity index (χ1n) is 4.20. The van der Waals surface area contributed by atoms with Crippen LogP contribution >= 0.6 is 0 Å². The molecule has 1 rings (SSSR count). The first kappa shape index (κ1) is 20.0. The summed E-state index contributed by atoms with van der Waals surface area (Å²) in [5.74, 6) is -1.08. The van der Waals surface area contributed by atoms with E-state index in [2.05, 4.69) is 30.3 Å². The summed E-state index contributed by atoms with van der Waals surface area (Å²) in [6.07, 6.45) is 0. The minimum atomic E-state index is -1.08. The maximum absolute atomic E-state index is 8.89. The molecule has 0 aliphatic rings. The van der Waals surface area contributed by atoms with Crippen LogP contribution in [0.4, 0.5) is 0 Å². The normalized spacial score (nSPS) is 7.00. The fraction of sp³-hybridized carbons (Fsp3) is 0.300. The van der Waals surface area contributed by atoms with Crippen LogP contribution in [0.15, 0.2) is 30.3 Å². The summed E-state index contributed by atoms with van der Waals surface area (Å²) in [5, 5.41) is 16.5. The molecule has 0 aromatic heterocycles. The third kappa shape index (κ3) is 31.7. The van der Waals surface area contributed by atoms with Gasteiger partial charge in [-0.1, -0.05) is 0 Å². The van der Waals surface area contributed by atoms with Crippen LogP contribution in [0.2, 0.25) is 0 Å². The van der Waals surface area contributed by atoms with Crippen molar-refractivity contribution in [1.29, 1.82) is 0 Å². The van der Waals surface area contributed by atoms with Gasteiger partial charge in [-0.2, -0.15) is 0 Å². The van der Waals surface area contributed by atoms with Gasteiger partial charge < -0.3 is 21.2 Å². The molecule has 1 aromatic carbocycles. The first-order valence-corrected chi connectivity index (χ1v) is 6.94. The van der Waals surface area contributed by atoms with Gasteiger partial charge >= 0.3 is 59.5 Å². The zero-order valence-corrected chi connectivity index (χ0v) is 15.1. The molecule has 0 spiro atoms. The number of benzene rings is 1. The van der Waals surface area contributed by atoms with Crippen molar-refractivity contribution in [3.05, 3.63) is 30.3 Å². The summed E-state index contributed by atoms with van der Waals surface area (Å²) in [6, 6.07) is 10.6. The molecule has 0 radical (unpaired) electrons. The Hall–Kier alpha value is -0.455. The van der Waals surface area contributed by atoms with Gasteiger partial charge in [0.15, 0.2) is 0 Å². The Morgan fingerprint density at radius 3 is 1.80 bits per heavy atom. The second kappa shape index (κ2) is 16.0. The molecular weight excluding hydrogens is 383 g/mol. The number of carbonyl (C=O) groups is 1. The van der Waals surface area contributed by atoms with Gasteiger partial charge in [-0.05, 0) is 13.8 Å². The SMILES string of the molecule is CC(=O)[O-].CCO.[Hg][c]1ccccc1.[NH4+]. The van der Waals surface area contributed by atoms with Crippen molar-refractivity contribution in [3.63, 3.8) is 0 Å². The zero-order chi connectivity index (χ0) is 11.4. The second-order valence-corrected chi connectivity index (χ2v) is 5.47. The molecule has 5 N–H and O–H groups in total. The van der Waals surface area contributed by atoms with E-state index >= 15 is 0 Å². The van der Waals surface area contributed by atoms with Crippen LogP contribution < -0.4 is 14.3 Å². The molecule has 0 fully saturated rings. The van der Waals surface area contributed by atoms with E-state index in [1.54, 1.807) is 6.92 Å². The van der Waals surface area contributed by atoms with E-state index in [-0.39, 0.29) is 12.8 Å². The fourth-order valence-electron chi connectivity index (χ4n) is 0.478. The largest absolute Gasteiger partial charge is 0.369 e. The molecular formula is C10H18HgNO3. The summed E-state index contributed by atoms with van der Waals surface area (Å²) in [4.78, 5) is 8.89. The van der Waals surface area contributed by atoms with Crippen molar-refractivity contribution < 1.29 is 41.1 Å². The Balaban J connectivity index is -0.000000158. The summed E-state index contributed by atoms with van der Waals surface area (Å²) in [7, 11) is 0. The third-order valence-corrected chi connectivity index (χ3v) is 2.68. The fourth-order valence-corrected chi connectivity index (χ4v) is 1.54. The molecule has 1 aromatic rings. The molecule has 0 aliphatic heterocycles. The molecule has 0 saturated heterocycles. The number of aliphatic hydroxyl groups excluding tert-OH is 1. The molecule has 0 heterocycles. The number of carbonyl (C=O) groups excluding carboxylic acids is 1. The smallest absolute Gasteiger partial charge is 0.369 e. The second-order valence-electron chi connectivity index (χ2n) is 2.29. The average molecular weight is 401 g/mol. The average Bonchev–Trinajstić information content (AvgIpc) is 2.05. The summed E-state index contributed by atoms with van der Waals surface area (Å²) in [6.45, 7) is 2.90. The Morgan fingerprint density at radius 2 is 1.67 bits per heavy atom. The van der Waals surface area contributed by atoms with Crippen molar-refractivity contribution in [2.75, 3.05) is 6.61 Å². The predicted octanol–water partition coefficient (Wildman–Crippen LogP) is -0.0103. The van der Waals surface area contributed by atoms with Crippen LogP contribution in [-0.2, 0) is 30.9 Å². The first-order chi connectivity index (χ1) is 6.54. The molecule has 4 nitrogen and oxygen atoms in total. The molecule has 5 heteroatoms. The number of aliphatic carboxylic acids is 1. The third-order valence-electron chi connectivity index (χ3n) is 0.843. The molecule has 0 aliphatic carbocycles. The molecule has 0 unspecified atom stereocenters. The van der Waals surface area contributed by atoms with Crippen LogP contribution in [0, 0.1) is 0 Å². The van der Waals surface area contributed by atoms with Crippen molar-refractivity contribution >= 4 is 9.04 Å². The van der Waals surface area contributed by atoms with E-state index in [9.17, 15) is 0 Å². The predicted molar refractivity (Wildman–Crippen MR) is 55.5 cm³/mol. The Kier molecular flexibility index (Phi) is 21.3. The van der Waals surface area contributed by atoms with E-state index in [0.717, 1.165) is 33.0 Å². The van der Waals surface area contributed by atoms with E-state index < -0.39 is 5.97 Å². The monoisotopic (exact) mass is 402 g/mol. The van der Waals surface area contributed by atoms with Crippen molar-refractivity contribution in [3.8, 4) is 0 Å². The van der Waals surface area contributed by atoms with Crippen LogP contribution in [0.25, 0.3) is 0 Å². The van der Waals surface area contributed by atoms with Crippen molar-refractivity contribution in [2.45, 2.75) is 13.8 Å². The number of hydrogen-bond donors (Lipinski definition) is 2. The van der Waals surface area contributed by atoms with Gasteiger partial charge in [0.1, 0.15) is 0 Å². The van der Waals surface area contributed by atoms with E-state index in [1.165, 1.54) is 3.07 Å². The molecule has 0 amide bonds.